The molecule has 192 valence electrons. The second kappa shape index (κ2) is 12.8. The third-order valence-electron chi connectivity index (χ3n) is 4.60. The lowest BCUT2D eigenvalue weighted by Gasteiger charge is -2.20. The van der Waals surface area contributed by atoms with Gasteiger partial charge in [0, 0.05) is 0 Å². The fourth-order valence-corrected chi connectivity index (χ4v) is 4.47. The number of hydrogen-bond donors (Lipinski definition) is 2. The Balaban J connectivity index is 0.000000647. The van der Waals surface area contributed by atoms with Crippen LogP contribution in [0.5, 0.6) is 0 Å². The molecule has 0 aliphatic heterocycles. The van der Waals surface area contributed by atoms with E-state index >= 15 is 0 Å². The van der Waals surface area contributed by atoms with Gasteiger partial charge in [0.2, 0.25) is 10.0 Å². The van der Waals surface area contributed by atoms with Gasteiger partial charge in [0.1, 0.15) is 13.2 Å². The summed E-state index contributed by atoms with van der Waals surface area (Å²) in [6.07, 6.45) is 2.25. The van der Waals surface area contributed by atoms with Crippen LogP contribution in [0.4, 0.5) is 0 Å². The van der Waals surface area contributed by atoms with Crippen LogP contribution in [0, 0.1) is 5.41 Å². The number of esters is 1. The van der Waals surface area contributed by atoms with Crippen molar-refractivity contribution in [1.82, 2.24) is 4.13 Å². The van der Waals surface area contributed by atoms with E-state index in [1.807, 2.05) is 6.92 Å². The highest BCUT2D eigenvalue weighted by Gasteiger charge is 2.27. The number of carbonyl (C=O) groups is 1. The van der Waals surface area contributed by atoms with Crippen LogP contribution in [0.2, 0.25) is 0 Å². The standard InChI is InChI=1S/C10H14O3S.C9H19NO7S2/c1-3-8(2)9-4-6-10(7-5-9)14(11,12)13;1-5-9(2,3)8(11)16-6-7-17-19(14,15)10-18(4,12)13/h4-8H,3H2,1-2H3,(H,11,12,13);10H,5-7H2,1-4H3. The summed E-state index contributed by atoms with van der Waals surface area (Å²) < 4.78 is 84.2. The van der Waals surface area contributed by atoms with Crippen molar-refractivity contribution in [3.8, 4) is 0 Å². The van der Waals surface area contributed by atoms with E-state index in [1.165, 1.54) is 16.3 Å². The van der Waals surface area contributed by atoms with Crippen molar-refractivity contribution >= 4 is 36.4 Å². The highest BCUT2D eigenvalue weighted by atomic mass is 32.3. The third kappa shape index (κ3) is 13.0. The number of sulfonamides is 1. The van der Waals surface area contributed by atoms with Crippen molar-refractivity contribution in [2.75, 3.05) is 19.5 Å². The molecule has 0 aliphatic rings. The van der Waals surface area contributed by atoms with Gasteiger partial charge in [-0.3, -0.25) is 13.5 Å². The van der Waals surface area contributed by atoms with Crippen LogP contribution < -0.4 is 4.13 Å². The predicted molar refractivity (Wildman–Crippen MR) is 123 cm³/mol. The van der Waals surface area contributed by atoms with Gasteiger partial charge in [-0.15, -0.1) is 0 Å². The van der Waals surface area contributed by atoms with Gasteiger partial charge >= 0.3 is 16.3 Å². The first kappa shape index (κ1) is 31.4. The Bertz CT molecular complexity index is 1080. The molecule has 33 heavy (non-hydrogen) atoms. The van der Waals surface area contributed by atoms with Crippen LogP contribution in [0.15, 0.2) is 29.2 Å². The highest BCUT2D eigenvalue weighted by molar-refractivity contribution is 8.02. The van der Waals surface area contributed by atoms with Crippen molar-refractivity contribution in [1.29, 1.82) is 0 Å². The molecule has 0 amide bonds. The maximum absolute atomic E-state index is 11.5. The Morgan fingerprint density at radius 1 is 1.03 bits per heavy atom. The van der Waals surface area contributed by atoms with E-state index in [9.17, 15) is 30.0 Å². The zero-order chi connectivity index (χ0) is 26.1. The highest BCUT2D eigenvalue weighted by Crippen LogP contribution is 2.21. The molecule has 1 rings (SSSR count). The lowest BCUT2D eigenvalue weighted by atomic mass is 9.91. The maximum atomic E-state index is 11.5. The maximum Gasteiger partial charge on any atom is 0.349 e. The number of carbonyl (C=O) groups excluding carboxylic acids is 1. The molecular formula is C19H33NO10S3. The van der Waals surface area contributed by atoms with Crippen LogP contribution in [0.25, 0.3) is 0 Å². The first-order chi connectivity index (χ1) is 14.8. The lowest BCUT2D eigenvalue weighted by molar-refractivity contribution is -0.154. The van der Waals surface area contributed by atoms with E-state index in [0.717, 1.165) is 12.0 Å². The molecule has 0 radical (unpaired) electrons. The molecule has 0 saturated heterocycles. The second-order valence-corrected chi connectivity index (χ2v) is 12.6. The largest absolute Gasteiger partial charge is 0.463 e. The van der Waals surface area contributed by atoms with Gasteiger partial charge in [0.15, 0.2) is 0 Å². The minimum Gasteiger partial charge on any atom is -0.463 e. The van der Waals surface area contributed by atoms with Crippen LogP contribution in [-0.2, 0) is 44.2 Å². The van der Waals surface area contributed by atoms with Crippen molar-refractivity contribution in [2.45, 2.75) is 58.3 Å². The predicted octanol–water partition coefficient (Wildman–Crippen LogP) is 2.22. The van der Waals surface area contributed by atoms with Gasteiger partial charge in [-0.1, -0.05) is 37.0 Å². The van der Waals surface area contributed by atoms with Gasteiger partial charge in [-0.25, -0.2) is 8.42 Å². The average Bonchev–Trinajstić information content (AvgIpc) is 2.68. The van der Waals surface area contributed by atoms with E-state index in [-0.39, 0.29) is 11.5 Å². The molecule has 0 spiro atoms. The van der Waals surface area contributed by atoms with Crippen molar-refractivity contribution in [3.05, 3.63) is 29.8 Å². The summed E-state index contributed by atoms with van der Waals surface area (Å²) in [4.78, 5) is 11.5. The Hall–Kier alpha value is -1.58. The summed E-state index contributed by atoms with van der Waals surface area (Å²) in [5.41, 5.74) is 0.420. The first-order valence-electron chi connectivity index (χ1n) is 9.97. The fraction of sp³-hybridized carbons (Fsp3) is 0.632. The molecule has 1 aromatic carbocycles. The van der Waals surface area contributed by atoms with E-state index < -0.39 is 48.4 Å². The normalized spacial score (nSPS) is 13.5. The molecule has 0 heterocycles. The molecule has 1 atom stereocenters. The fourth-order valence-electron chi connectivity index (χ4n) is 2.03. The molecule has 14 heteroatoms. The number of nitrogens with one attached hydrogen (secondary N) is 1. The Kier molecular flexibility index (Phi) is 12.2. The van der Waals surface area contributed by atoms with Crippen molar-refractivity contribution in [3.63, 3.8) is 0 Å². The smallest absolute Gasteiger partial charge is 0.349 e. The number of benzene rings is 1. The minimum absolute atomic E-state index is 0.0513. The lowest BCUT2D eigenvalue weighted by Crippen LogP contribution is -2.32. The summed E-state index contributed by atoms with van der Waals surface area (Å²) >= 11 is 0. The summed E-state index contributed by atoms with van der Waals surface area (Å²) in [7, 11) is -12.4. The first-order valence-corrected chi connectivity index (χ1v) is 14.7. The quantitative estimate of drug-likeness (QED) is 0.245. The monoisotopic (exact) mass is 531 g/mol. The Morgan fingerprint density at radius 2 is 1.55 bits per heavy atom. The topological polar surface area (TPSA) is 170 Å². The molecular weight excluding hydrogens is 498 g/mol. The minimum atomic E-state index is -4.41. The van der Waals surface area contributed by atoms with Crippen molar-refractivity contribution in [2.24, 2.45) is 5.41 Å². The van der Waals surface area contributed by atoms with Crippen LogP contribution in [0.1, 0.15) is 58.9 Å². The third-order valence-corrected chi connectivity index (χ3v) is 7.98. The number of rotatable bonds is 11. The molecule has 11 nitrogen and oxygen atoms in total. The van der Waals surface area contributed by atoms with Crippen LogP contribution >= 0.6 is 0 Å². The van der Waals surface area contributed by atoms with Crippen molar-refractivity contribution < 1.29 is 43.5 Å². The van der Waals surface area contributed by atoms with Gasteiger partial charge < -0.3 is 4.74 Å². The van der Waals surface area contributed by atoms with E-state index in [2.05, 4.69) is 18.0 Å². The molecule has 0 fully saturated rings. The summed E-state index contributed by atoms with van der Waals surface area (Å²) in [6, 6.07) is 6.32. The van der Waals surface area contributed by atoms with Crippen LogP contribution in [-0.4, -0.2) is 55.2 Å². The van der Waals surface area contributed by atoms with Gasteiger partial charge in [0.25, 0.3) is 10.1 Å². The second-order valence-electron chi connectivity index (χ2n) is 7.86. The summed E-state index contributed by atoms with van der Waals surface area (Å²) in [5.74, 6) is -0.0717. The van der Waals surface area contributed by atoms with Gasteiger partial charge in [-0.2, -0.15) is 16.8 Å². The SMILES string of the molecule is CCC(C)(C)C(=O)OCCOS(=O)(=O)NS(C)(=O)=O.CCC(C)c1ccc(S(=O)(=O)O)cc1. The van der Waals surface area contributed by atoms with Gasteiger partial charge in [-0.05, 0) is 50.3 Å². The molecule has 0 bridgehead atoms. The van der Waals surface area contributed by atoms with E-state index in [1.54, 1.807) is 26.0 Å². The molecule has 0 aromatic heterocycles. The zero-order valence-corrected chi connectivity index (χ0v) is 22.0. The van der Waals surface area contributed by atoms with E-state index in [4.69, 9.17) is 9.29 Å². The van der Waals surface area contributed by atoms with E-state index in [0.29, 0.717) is 18.6 Å². The Labute approximate surface area is 196 Å². The number of hydrogen-bond acceptors (Lipinski definition) is 9. The molecule has 0 aliphatic carbocycles. The zero-order valence-electron chi connectivity index (χ0n) is 19.6. The Morgan fingerprint density at radius 3 is 1.94 bits per heavy atom. The molecule has 0 saturated carbocycles. The summed E-state index contributed by atoms with van der Waals surface area (Å²) in [5, 5.41) is 0. The van der Waals surface area contributed by atoms with Gasteiger partial charge in [0.05, 0.1) is 16.6 Å². The average molecular weight is 532 g/mol. The number of ether oxygens (including phenoxy) is 1. The summed E-state index contributed by atoms with van der Waals surface area (Å²) in [6.45, 7) is 8.60. The molecule has 1 unspecified atom stereocenters. The molecule has 2 N–H and O–H groups in total. The molecule has 1 aromatic rings. The van der Waals surface area contributed by atoms with Crippen LogP contribution in [0.3, 0.4) is 0 Å².